The van der Waals surface area contributed by atoms with Gasteiger partial charge in [-0.2, -0.15) is 0 Å². The average Bonchev–Trinajstić information content (AvgIpc) is 3.15. The lowest BCUT2D eigenvalue weighted by Gasteiger charge is -2.40. The second-order valence-electron chi connectivity index (χ2n) is 8.89. The highest BCUT2D eigenvalue weighted by Gasteiger charge is 2.49. The zero-order valence-corrected chi connectivity index (χ0v) is 19.6. The van der Waals surface area contributed by atoms with Crippen molar-refractivity contribution in [2.45, 2.75) is 30.7 Å². The maximum absolute atomic E-state index is 12.8. The summed E-state index contributed by atoms with van der Waals surface area (Å²) in [6, 6.07) is 14.0. The molecule has 2 aromatic carbocycles. The molecule has 0 N–H and O–H groups in total. The molecule has 2 aromatic rings. The van der Waals surface area contributed by atoms with Gasteiger partial charge >= 0.3 is 5.97 Å². The van der Waals surface area contributed by atoms with Gasteiger partial charge in [0.1, 0.15) is 5.76 Å². The van der Waals surface area contributed by atoms with E-state index in [-0.39, 0.29) is 17.4 Å². The summed E-state index contributed by atoms with van der Waals surface area (Å²) >= 11 is 0. The number of anilines is 1. The Bertz CT molecular complexity index is 1030. The molecule has 1 aliphatic carbocycles. The van der Waals surface area contributed by atoms with Crippen molar-refractivity contribution in [3.8, 4) is 11.5 Å². The number of ether oxygens (including phenoxy) is 3. The van der Waals surface area contributed by atoms with E-state index < -0.39 is 0 Å². The first-order valence-electron chi connectivity index (χ1n) is 11.0. The number of carbonyl (C=O) groups is 1. The Hall–Kier alpha value is -2.99. The van der Waals surface area contributed by atoms with Gasteiger partial charge in [-0.15, -0.1) is 0 Å². The van der Waals surface area contributed by atoms with Gasteiger partial charge in [0.25, 0.3) is 0 Å². The first-order valence-corrected chi connectivity index (χ1v) is 11.0. The second-order valence-corrected chi connectivity index (χ2v) is 8.89. The van der Waals surface area contributed by atoms with Crippen molar-refractivity contribution in [3.63, 3.8) is 0 Å². The Balaban J connectivity index is 1.58. The highest BCUT2D eigenvalue weighted by atomic mass is 16.5. The molecule has 0 amide bonds. The van der Waals surface area contributed by atoms with Gasteiger partial charge in [-0.05, 0) is 68.4 Å². The number of hydrogen-bond acceptors (Lipinski definition) is 6. The van der Waals surface area contributed by atoms with Crippen molar-refractivity contribution in [3.05, 3.63) is 65.4 Å². The van der Waals surface area contributed by atoms with Crippen LogP contribution in [0.1, 0.15) is 35.2 Å². The number of hydrogen-bond donors (Lipinski definition) is 0. The van der Waals surface area contributed by atoms with E-state index in [2.05, 4.69) is 30.2 Å². The minimum absolute atomic E-state index is 0.0327. The van der Waals surface area contributed by atoms with Crippen molar-refractivity contribution in [2.75, 3.05) is 46.8 Å². The summed E-state index contributed by atoms with van der Waals surface area (Å²) in [7, 11) is 9.38. The Morgan fingerprint density at radius 2 is 1.88 bits per heavy atom. The monoisotopic (exact) mass is 436 g/mol. The van der Waals surface area contributed by atoms with Crippen LogP contribution in [0.15, 0.2) is 54.3 Å². The van der Waals surface area contributed by atoms with Crippen molar-refractivity contribution < 1.29 is 19.0 Å². The summed E-state index contributed by atoms with van der Waals surface area (Å²) in [4.78, 5) is 17.2. The van der Waals surface area contributed by atoms with Gasteiger partial charge < -0.3 is 24.0 Å². The third-order valence-corrected chi connectivity index (χ3v) is 6.95. The third-order valence-electron chi connectivity index (χ3n) is 6.95. The van der Waals surface area contributed by atoms with Crippen LogP contribution in [0.4, 0.5) is 5.69 Å². The van der Waals surface area contributed by atoms with Crippen LogP contribution in [-0.2, 0) is 10.2 Å². The molecular formula is C26H32N2O4. The van der Waals surface area contributed by atoms with E-state index in [1.165, 1.54) is 5.56 Å². The number of allylic oxidation sites excluding steroid dienone is 1. The maximum Gasteiger partial charge on any atom is 0.343 e. The lowest BCUT2D eigenvalue weighted by Crippen LogP contribution is -2.43. The summed E-state index contributed by atoms with van der Waals surface area (Å²) in [6.45, 7) is 0.999. The van der Waals surface area contributed by atoms with Crippen LogP contribution in [0.2, 0.25) is 0 Å². The Kier molecular flexibility index (Phi) is 6.15. The molecule has 6 nitrogen and oxygen atoms in total. The van der Waals surface area contributed by atoms with E-state index in [0.29, 0.717) is 12.0 Å². The second kappa shape index (κ2) is 8.87. The smallest absolute Gasteiger partial charge is 0.343 e. The molecule has 2 aliphatic rings. The SMILES string of the molecule is COc1ccc([C@@]23CC=C(OC(=O)c4cccc(N(C)C)c4)C[C@@H]2N(C)CC3)cc1OC. The fourth-order valence-electron chi connectivity index (χ4n) is 5.05. The molecule has 170 valence electrons. The standard InChI is InChI=1S/C26H32N2O4/c1-27(2)20-8-6-7-18(15-20)25(29)32-21-11-12-26(13-14-28(3)24(26)17-21)19-9-10-22(30-4)23(16-19)31-5/h6-11,15-16,24H,12-14,17H2,1-5H3/t24-,26-/m0/s1. The molecule has 0 bridgehead atoms. The largest absolute Gasteiger partial charge is 0.493 e. The molecule has 0 aromatic heterocycles. The molecule has 1 heterocycles. The van der Waals surface area contributed by atoms with Gasteiger partial charge in [0, 0.05) is 37.7 Å². The Morgan fingerprint density at radius 3 is 2.59 bits per heavy atom. The van der Waals surface area contributed by atoms with Gasteiger partial charge in [0.05, 0.1) is 19.8 Å². The van der Waals surface area contributed by atoms with Crippen LogP contribution in [0.5, 0.6) is 11.5 Å². The predicted molar refractivity (Wildman–Crippen MR) is 126 cm³/mol. The van der Waals surface area contributed by atoms with Crippen LogP contribution in [-0.4, -0.2) is 58.8 Å². The number of methoxy groups -OCH3 is 2. The topological polar surface area (TPSA) is 51.2 Å². The molecule has 0 spiro atoms. The molecular weight excluding hydrogens is 404 g/mol. The normalized spacial score (nSPS) is 22.7. The Morgan fingerprint density at radius 1 is 1.09 bits per heavy atom. The summed E-state index contributed by atoms with van der Waals surface area (Å²) < 4.78 is 16.9. The lowest BCUT2D eigenvalue weighted by atomic mass is 9.68. The average molecular weight is 437 g/mol. The molecule has 0 saturated carbocycles. The van der Waals surface area contributed by atoms with Gasteiger partial charge in [-0.25, -0.2) is 4.79 Å². The lowest BCUT2D eigenvalue weighted by molar-refractivity contribution is 0.0579. The number of likely N-dealkylation sites (N-methyl/N-ethyl adjacent to an activating group) is 1. The highest BCUT2D eigenvalue weighted by Crippen LogP contribution is 2.49. The number of carbonyl (C=O) groups excluding carboxylic acids is 1. The minimum atomic E-state index is -0.306. The fraction of sp³-hybridized carbons (Fsp3) is 0.423. The molecule has 1 fully saturated rings. The summed E-state index contributed by atoms with van der Waals surface area (Å²) in [6.07, 6.45) is 4.66. The van der Waals surface area contributed by atoms with Crippen LogP contribution < -0.4 is 14.4 Å². The van der Waals surface area contributed by atoms with Gasteiger partial charge in [-0.1, -0.05) is 12.1 Å². The molecule has 1 saturated heterocycles. The maximum atomic E-state index is 12.8. The molecule has 2 atom stereocenters. The first-order chi connectivity index (χ1) is 15.4. The number of nitrogens with zero attached hydrogens (tertiary/aromatic N) is 2. The quantitative estimate of drug-likeness (QED) is 0.631. The van der Waals surface area contributed by atoms with Crippen molar-refractivity contribution >= 4 is 11.7 Å². The van der Waals surface area contributed by atoms with E-state index >= 15 is 0 Å². The van der Waals surface area contributed by atoms with E-state index in [9.17, 15) is 4.79 Å². The third kappa shape index (κ3) is 3.95. The summed E-state index contributed by atoms with van der Waals surface area (Å²) in [5.41, 5.74) is 2.74. The molecule has 32 heavy (non-hydrogen) atoms. The summed E-state index contributed by atoms with van der Waals surface area (Å²) in [5, 5.41) is 0. The van der Waals surface area contributed by atoms with Crippen LogP contribution in [0, 0.1) is 0 Å². The van der Waals surface area contributed by atoms with Crippen LogP contribution in [0.3, 0.4) is 0 Å². The van der Waals surface area contributed by atoms with Gasteiger partial charge in [0.15, 0.2) is 11.5 Å². The van der Waals surface area contributed by atoms with E-state index in [1.807, 2.05) is 43.3 Å². The number of esters is 1. The minimum Gasteiger partial charge on any atom is -0.493 e. The number of fused-ring (bicyclic) bond motifs is 1. The fourth-order valence-corrected chi connectivity index (χ4v) is 5.05. The highest BCUT2D eigenvalue weighted by molar-refractivity contribution is 5.91. The van der Waals surface area contributed by atoms with E-state index in [4.69, 9.17) is 14.2 Å². The van der Waals surface area contributed by atoms with Crippen molar-refractivity contribution in [2.24, 2.45) is 0 Å². The van der Waals surface area contributed by atoms with E-state index in [1.54, 1.807) is 20.3 Å². The van der Waals surface area contributed by atoms with Gasteiger partial charge in [0.2, 0.25) is 0 Å². The number of rotatable bonds is 6. The van der Waals surface area contributed by atoms with Crippen molar-refractivity contribution in [1.82, 2.24) is 4.90 Å². The van der Waals surface area contributed by atoms with Gasteiger partial charge in [-0.3, -0.25) is 0 Å². The molecule has 6 heteroatoms. The van der Waals surface area contributed by atoms with E-state index in [0.717, 1.165) is 42.3 Å². The summed E-state index contributed by atoms with van der Waals surface area (Å²) in [5.74, 6) is 1.92. The Labute approximate surface area is 190 Å². The zero-order chi connectivity index (χ0) is 22.9. The zero-order valence-electron chi connectivity index (χ0n) is 19.6. The van der Waals surface area contributed by atoms with Crippen LogP contribution in [0.25, 0.3) is 0 Å². The first kappa shape index (κ1) is 22.2. The number of benzene rings is 2. The van der Waals surface area contributed by atoms with Crippen molar-refractivity contribution in [1.29, 1.82) is 0 Å². The molecule has 0 unspecified atom stereocenters. The predicted octanol–water partition coefficient (Wildman–Crippen LogP) is 4.25. The van der Waals surface area contributed by atoms with Crippen LogP contribution >= 0.6 is 0 Å². The molecule has 1 aliphatic heterocycles. The molecule has 4 rings (SSSR count). The number of likely N-dealkylation sites (tertiary alicyclic amines) is 1. The molecule has 0 radical (unpaired) electrons.